The highest BCUT2D eigenvalue weighted by Gasteiger charge is 2.24. The van der Waals surface area contributed by atoms with Crippen molar-refractivity contribution in [3.8, 4) is 0 Å². The lowest BCUT2D eigenvalue weighted by molar-refractivity contribution is -0.113. The molecule has 2 aromatic rings. The molecule has 28 heavy (non-hydrogen) atoms. The third kappa shape index (κ3) is 4.22. The highest BCUT2D eigenvalue weighted by molar-refractivity contribution is 7.89. The largest absolute Gasteiger partial charge is 0.388 e. The Labute approximate surface area is 167 Å². The minimum absolute atomic E-state index is 0.0651. The van der Waals surface area contributed by atoms with Crippen LogP contribution in [0.25, 0.3) is 5.57 Å². The monoisotopic (exact) mass is 419 g/mol. The summed E-state index contributed by atoms with van der Waals surface area (Å²) in [6, 6.07) is 2.81. The fraction of sp³-hybridized carbons (Fsp3) is 0.263. The number of sulfonamides is 1. The zero-order valence-electron chi connectivity index (χ0n) is 15.7. The predicted molar refractivity (Wildman–Crippen MR) is 109 cm³/mol. The number of aliphatic hydroxyl groups excluding tert-OH is 1. The summed E-state index contributed by atoms with van der Waals surface area (Å²) in [6.07, 6.45) is 2.64. The van der Waals surface area contributed by atoms with Crippen molar-refractivity contribution in [3.63, 3.8) is 0 Å². The number of aryl methyl sites for hydroxylation is 2. The third-order valence-corrected chi connectivity index (χ3v) is 6.33. The van der Waals surface area contributed by atoms with Crippen molar-refractivity contribution in [1.82, 2.24) is 4.98 Å². The van der Waals surface area contributed by atoms with Gasteiger partial charge in [-0.3, -0.25) is 4.79 Å². The number of nitrogens with zero attached hydrogens (tertiary/aromatic N) is 1. The molecule has 1 amide bonds. The Morgan fingerprint density at radius 2 is 2.00 bits per heavy atom. The number of rotatable bonds is 4. The van der Waals surface area contributed by atoms with Gasteiger partial charge in [-0.05, 0) is 44.0 Å². The van der Waals surface area contributed by atoms with Crippen molar-refractivity contribution in [2.24, 2.45) is 5.14 Å². The average molecular weight is 420 g/mol. The van der Waals surface area contributed by atoms with Crippen LogP contribution < -0.4 is 10.5 Å². The van der Waals surface area contributed by atoms with E-state index in [0.717, 1.165) is 10.6 Å². The summed E-state index contributed by atoms with van der Waals surface area (Å²) in [7, 11) is -3.89. The number of carbonyl (C=O) groups is 1. The van der Waals surface area contributed by atoms with Gasteiger partial charge in [0.25, 0.3) is 5.91 Å². The normalized spacial score (nSPS) is 17.1. The SMILES string of the molecule is Cc1nc(C2=CC=C(C(=O)Nc3cc(S(N)(=O)=O)cc(C)c3C)C[C@H]2O)cs1. The van der Waals surface area contributed by atoms with E-state index in [-0.39, 0.29) is 11.3 Å². The summed E-state index contributed by atoms with van der Waals surface area (Å²) < 4.78 is 23.3. The molecule has 0 bridgehead atoms. The van der Waals surface area contributed by atoms with E-state index in [2.05, 4.69) is 10.3 Å². The van der Waals surface area contributed by atoms with Crippen molar-refractivity contribution in [2.75, 3.05) is 5.32 Å². The zero-order chi connectivity index (χ0) is 20.6. The van der Waals surface area contributed by atoms with Gasteiger partial charge in [-0.2, -0.15) is 0 Å². The molecule has 0 spiro atoms. The van der Waals surface area contributed by atoms with Gasteiger partial charge in [0.15, 0.2) is 0 Å². The highest BCUT2D eigenvalue weighted by atomic mass is 32.2. The van der Waals surface area contributed by atoms with E-state index in [1.165, 1.54) is 23.5 Å². The van der Waals surface area contributed by atoms with Gasteiger partial charge in [-0.1, -0.05) is 12.2 Å². The maximum Gasteiger partial charge on any atom is 0.251 e. The number of hydrogen-bond donors (Lipinski definition) is 3. The molecule has 0 unspecified atom stereocenters. The summed E-state index contributed by atoms with van der Waals surface area (Å²) in [5, 5.41) is 21.2. The minimum atomic E-state index is -3.89. The van der Waals surface area contributed by atoms with Gasteiger partial charge in [0, 0.05) is 28.6 Å². The number of aliphatic hydroxyl groups is 1. The molecular weight excluding hydrogens is 398 g/mol. The van der Waals surface area contributed by atoms with E-state index < -0.39 is 22.0 Å². The fourth-order valence-electron chi connectivity index (χ4n) is 2.93. The molecular formula is C19H21N3O4S2. The number of hydrogen-bond acceptors (Lipinski definition) is 6. The molecule has 3 rings (SSSR count). The van der Waals surface area contributed by atoms with Crippen molar-refractivity contribution >= 4 is 38.5 Å². The number of thiazole rings is 1. The Morgan fingerprint density at radius 1 is 1.29 bits per heavy atom. The summed E-state index contributed by atoms with van der Waals surface area (Å²) in [5.74, 6) is -0.405. The van der Waals surface area contributed by atoms with E-state index >= 15 is 0 Å². The standard InChI is InChI=1S/C19H21N3O4S2/c1-10-6-14(28(20,25)26)8-16(11(10)2)22-19(24)13-4-5-15(18(23)7-13)17-9-27-12(3)21-17/h4-6,8-9,18,23H,7H2,1-3H3,(H,22,24)(H2,20,25,26)/t18-/m1/s1. The molecule has 148 valence electrons. The van der Waals surface area contributed by atoms with Gasteiger partial charge in [0.05, 0.1) is 21.7 Å². The number of anilines is 1. The Morgan fingerprint density at radius 3 is 2.57 bits per heavy atom. The number of amides is 1. The number of benzene rings is 1. The lowest BCUT2D eigenvalue weighted by atomic mass is 9.93. The quantitative estimate of drug-likeness (QED) is 0.702. The Bertz CT molecular complexity index is 1110. The second kappa shape index (κ2) is 7.59. The minimum Gasteiger partial charge on any atom is -0.388 e. The van der Waals surface area contributed by atoms with E-state index in [4.69, 9.17) is 5.14 Å². The number of nitrogens with two attached hydrogens (primary N) is 1. The molecule has 1 aliphatic rings. The average Bonchev–Trinajstić information content (AvgIpc) is 3.03. The molecule has 0 radical (unpaired) electrons. The van der Waals surface area contributed by atoms with Gasteiger partial charge < -0.3 is 10.4 Å². The van der Waals surface area contributed by atoms with Crippen LogP contribution in [0.4, 0.5) is 5.69 Å². The van der Waals surface area contributed by atoms with Crippen molar-refractivity contribution in [1.29, 1.82) is 0 Å². The maximum atomic E-state index is 12.7. The summed E-state index contributed by atoms with van der Waals surface area (Å²) >= 11 is 1.49. The van der Waals surface area contributed by atoms with Crippen LogP contribution in [0.3, 0.4) is 0 Å². The summed E-state index contributed by atoms with van der Waals surface area (Å²) in [6.45, 7) is 5.41. The molecule has 0 saturated carbocycles. The second-order valence-electron chi connectivity index (χ2n) is 6.70. The van der Waals surface area contributed by atoms with Crippen LogP contribution in [0.15, 0.2) is 40.1 Å². The first kappa shape index (κ1) is 20.4. The van der Waals surface area contributed by atoms with Crippen molar-refractivity contribution in [3.05, 3.63) is 57.1 Å². The fourth-order valence-corrected chi connectivity index (χ4v) is 4.18. The van der Waals surface area contributed by atoms with Crippen molar-refractivity contribution < 1.29 is 18.3 Å². The molecule has 0 fully saturated rings. The van der Waals surface area contributed by atoms with Crippen LogP contribution in [0.5, 0.6) is 0 Å². The number of allylic oxidation sites excluding steroid dienone is 2. The van der Waals surface area contributed by atoms with Crippen LogP contribution in [-0.2, 0) is 14.8 Å². The first-order valence-corrected chi connectivity index (χ1v) is 11.0. The highest BCUT2D eigenvalue weighted by Crippen LogP contribution is 2.30. The van der Waals surface area contributed by atoms with Crippen LogP contribution in [0.1, 0.15) is 28.2 Å². The van der Waals surface area contributed by atoms with Crippen LogP contribution >= 0.6 is 11.3 Å². The molecule has 1 heterocycles. The van der Waals surface area contributed by atoms with Gasteiger partial charge in [0.1, 0.15) is 0 Å². The number of primary sulfonamides is 1. The van der Waals surface area contributed by atoms with Gasteiger partial charge >= 0.3 is 0 Å². The number of aromatic nitrogens is 1. The first-order valence-electron chi connectivity index (χ1n) is 8.53. The molecule has 0 aliphatic heterocycles. The maximum absolute atomic E-state index is 12.7. The van der Waals surface area contributed by atoms with E-state index in [9.17, 15) is 18.3 Å². The van der Waals surface area contributed by atoms with Gasteiger partial charge in [0.2, 0.25) is 10.0 Å². The van der Waals surface area contributed by atoms with Crippen molar-refractivity contribution in [2.45, 2.75) is 38.2 Å². The second-order valence-corrected chi connectivity index (χ2v) is 9.32. The number of carbonyl (C=O) groups excluding carboxylic acids is 1. The first-order chi connectivity index (χ1) is 13.1. The van der Waals surface area contributed by atoms with Crippen LogP contribution in [0, 0.1) is 20.8 Å². The smallest absolute Gasteiger partial charge is 0.251 e. The molecule has 1 atom stereocenters. The molecule has 1 aromatic carbocycles. The Balaban J connectivity index is 1.87. The van der Waals surface area contributed by atoms with E-state index in [0.29, 0.717) is 28.1 Å². The van der Waals surface area contributed by atoms with Crippen LogP contribution in [0.2, 0.25) is 0 Å². The molecule has 4 N–H and O–H groups in total. The van der Waals surface area contributed by atoms with Gasteiger partial charge in [-0.25, -0.2) is 18.5 Å². The molecule has 1 aromatic heterocycles. The van der Waals surface area contributed by atoms with E-state index in [1.54, 1.807) is 26.0 Å². The Kier molecular flexibility index (Phi) is 5.53. The third-order valence-electron chi connectivity index (χ3n) is 4.66. The molecule has 7 nitrogen and oxygen atoms in total. The van der Waals surface area contributed by atoms with E-state index in [1.807, 2.05) is 12.3 Å². The lowest BCUT2D eigenvalue weighted by Gasteiger charge is -2.20. The molecule has 1 aliphatic carbocycles. The topological polar surface area (TPSA) is 122 Å². The Hall–Kier alpha value is -2.33. The molecule has 0 saturated heterocycles. The predicted octanol–water partition coefficient (Wildman–Crippen LogP) is 2.43. The van der Waals surface area contributed by atoms with Crippen LogP contribution in [-0.4, -0.2) is 30.5 Å². The van der Waals surface area contributed by atoms with Gasteiger partial charge in [-0.15, -0.1) is 11.3 Å². The summed E-state index contributed by atoms with van der Waals surface area (Å²) in [4.78, 5) is 17.0. The number of nitrogens with one attached hydrogen (secondary N) is 1. The zero-order valence-corrected chi connectivity index (χ0v) is 17.3. The lowest BCUT2D eigenvalue weighted by Crippen LogP contribution is -2.23. The summed E-state index contributed by atoms with van der Waals surface area (Å²) in [5.41, 5.74) is 3.57. The molecule has 9 heteroatoms.